The summed E-state index contributed by atoms with van der Waals surface area (Å²) in [6.07, 6.45) is 2.93. The largest absolute Gasteiger partial charge is 0.484 e. The fourth-order valence-electron chi connectivity index (χ4n) is 2.73. The molecular formula is C17H17BrClN3O2. The van der Waals surface area contributed by atoms with E-state index in [1.54, 1.807) is 0 Å². The van der Waals surface area contributed by atoms with Gasteiger partial charge in [0, 0.05) is 4.47 Å². The third-order valence-corrected chi connectivity index (χ3v) is 4.79. The van der Waals surface area contributed by atoms with E-state index in [4.69, 9.17) is 15.0 Å². The average Bonchev–Trinajstić information content (AvgIpc) is 3.00. The highest BCUT2D eigenvalue weighted by molar-refractivity contribution is 9.10. The van der Waals surface area contributed by atoms with Crippen molar-refractivity contribution in [3.05, 3.63) is 52.6 Å². The summed E-state index contributed by atoms with van der Waals surface area (Å²) in [5, 5.41) is 6.26. The van der Waals surface area contributed by atoms with Gasteiger partial charge in [-0.05, 0) is 54.3 Å². The van der Waals surface area contributed by atoms with Crippen LogP contribution in [0.4, 0.5) is 0 Å². The highest BCUT2D eigenvalue weighted by Crippen LogP contribution is 2.36. The lowest BCUT2D eigenvalue weighted by molar-refractivity contribution is 0.223. The van der Waals surface area contributed by atoms with Crippen LogP contribution in [0.25, 0.3) is 10.8 Å². The average molecular weight is 411 g/mol. The highest BCUT2D eigenvalue weighted by Gasteiger charge is 2.38. The minimum absolute atomic E-state index is 0. The Balaban J connectivity index is 0.00000169. The van der Waals surface area contributed by atoms with Gasteiger partial charge in [-0.15, -0.1) is 12.4 Å². The lowest BCUT2D eigenvalue weighted by Crippen LogP contribution is -2.44. The Morgan fingerprint density at radius 1 is 1.17 bits per heavy atom. The minimum Gasteiger partial charge on any atom is -0.484 e. The van der Waals surface area contributed by atoms with Gasteiger partial charge in [-0.1, -0.05) is 33.2 Å². The molecule has 0 unspecified atom stereocenters. The minimum atomic E-state index is -0.405. The van der Waals surface area contributed by atoms with Gasteiger partial charge in [0.15, 0.2) is 12.4 Å². The fraction of sp³-hybridized carbons (Fsp3) is 0.294. The molecule has 0 aliphatic heterocycles. The van der Waals surface area contributed by atoms with Crippen LogP contribution in [0.2, 0.25) is 0 Å². The van der Waals surface area contributed by atoms with Crippen molar-refractivity contribution in [2.24, 2.45) is 5.73 Å². The third-order valence-electron chi connectivity index (χ3n) is 4.30. The van der Waals surface area contributed by atoms with Crippen LogP contribution in [-0.4, -0.2) is 10.1 Å². The number of hydrogen-bond acceptors (Lipinski definition) is 5. The molecule has 1 aliphatic carbocycles. The third kappa shape index (κ3) is 3.27. The van der Waals surface area contributed by atoms with Gasteiger partial charge in [-0.3, -0.25) is 0 Å². The van der Waals surface area contributed by atoms with Crippen LogP contribution in [0.3, 0.4) is 0 Å². The summed E-state index contributed by atoms with van der Waals surface area (Å²) < 4.78 is 12.1. The zero-order valence-electron chi connectivity index (χ0n) is 12.9. The molecule has 2 N–H and O–H groups in total. The van der Waals surface area contributed by atoms with E-state index in [1.807, 2.05) is 30.3 Å². The number of benzene rings is 2. The normalized spacial score (nSPS) is 15.6. The standard InChI is InChI=1S/C17H16BrN3O2.ClH/c18-13-4-2-12-9-14(5-3-11(12)8-13)22-10-15-20-16(21-23-15)17(19)6-1-7-17;/h2-5,8-9H,1,6-7,10,19H2;1H. The number of halogens is 2. The summed E-state index contributed by atoms with van der Waals surface area (Å²) in [5.41, 5.74) is 5.78. The summed E-state index contributed by atoms with van der Waals surface area (Å²) in [4.78, 5) is 4.36. The predicted octanol–water partition coefficient (Wildman–Crippen LogP) is 4.32. The summed E-state index contributed by atoms with van der Waals surface area (Å²) in [6.45, 7) is 0.241. The van der Waals surface area contributed by atoms with Crippen LogP contribution >= 0.6 is 28.3 Å². The molecule has 1 aromatic heterocycles. The van der Waals surface area contributed by atoms with Crippen LogP contribution in [0.15, 0.2) is 45.4 Å². The van der Waals surface area contributed by atoms with E-state index in [1.165, 1.54) is 0 Å². The summed E-state index contributed by atoms with van der Waals surface area (Å²) in [7, 11) is 0. The number of fused-ring (bicyclic) bond motifs is 1. The van der Waals surface area contributed by atoms with Crippen molar-refractivity contribution >= 4 is 39.1 Å². The lowest BCUT2D eigenvalue weighted by Gasteiger charge is -2.34. The van der Waals surface area contributed by atoms with Crippen molar-refractivity contribution in [3.63, 3.8) is 0 Å². The first-order chi connectivity index (χ1) is 11.1. The summed E-state index contributed by atoms with van der Waals surface area (Å²) >= 11 is 3.47. The molecule has 7 heteroatoms. The summed E-state index contributed by atoms with van der Waals surface area (Å²) in [5.74, 6) is 1.81. The quantitative estimate of drug-likeness (QED) is 0.693. The van der Waals surface area contributed by atoms with Gasteiger partial charge in [0.25, 0.3) is 5.89 Å². The molecule has 3 aromatic rings. The number of rotatable bonds is 4. The van der Waals surface area contributed by atoms with E-state index >= 15 is 0 Å². The summed E-state index contributed by atoms with van der Waals surface area (Å²) in [6, 6.07) is 12.1. The van der Waals surface area contributed by atoms with Crippen LogP contribution in [0, 0.1) is 0 Å². The van der Waals surface area contributed by atoms with Gasteiger partial charge in [0.05, 0.1) is 5.54 Å². The molecule has 1 heterocycles. The first-order valence-corrected chi connectivity index (χ1v) is 8.36. The van der Waals surface area contributed by atoms with Crippen LogP contribution in [0.5, 0.6) is 5.75 Å². The van der Waals surface area contributed by atoms with Gasteiger partial charge < -0.3 is 15.0 Å². The molecule has 0 atom stereocenters. The first-order valence-electron chi connectivity index (χ1n) is 7.56. The second kappa shape index (κ2) is 6.70. The Labute approximate surface area is 154 Å². The van der Waals surface area contributed by atoms with Gasteiger partial charge in [0.2, 0.25) is 0 Å². The SMILES string of the molecule is Cl.NC1(c2noc(COc3ccc4cc(Br)ccc4c3)n2)CCC1. The zero-order chi connectivity index (χ0) is 15.9. The maximum atomic E-state index is 6.19. The monoisotopic (exact) mass is 409 g/mol. The van der Waals surface area contributed by atoms with Crippen molar-refractivity contribution in [3.8, 4) is 5.75 Å². The van der Waals surface area contributed by atoms with Crippen molar-refractivity contribution in [2.75, 3.05) is 0 Å². The molecule has 0 saturated heterocycles. The Bertz CT molecular complexity index is 864. The smallest absolute Gasteiger partial charge is 0.264 e. The number of hydrogen-bond donors (Lipinski definition) is 1. The van der Waals surface area contributed by atoms with Crippen LogP contribution in [-0.2, 0) is 12.1 Å². The predicted molar refractivity (Wildman–Crippen MR) is 97.2 cm³/mol. The van der Waals surface area contributed by atoms with E-state index in [2.05, 4.69) is 32.1 Å². The van der Waals surface area contributed by atoms with Crippen LogP contribution in [0.1, 0.15) is 31.0 Å². The molecule has 1 saturated carbocycles. The van der Waals surface area contributed by atoms with Gasteiger partial charge in [-0.25, -0.2) is 0 Å². The Morgan fingerprint density at radius 2 is 1.92 bits per heavy atom. The van der Waals surface area contributed by atoms with Gasteiger partial charge in [-0.2, -0.15) is 4.98 Å². The van der Waals surface area contributed by atoms with E-state index in [0.717, 1.165) is 40.3 Å². The fourth-order valence-corrected chi connectivity index (χ4v) is 3.11. The maximum Gasteiger partial charge on any atom is 0.264 e. The van der Waals surface area contributed by atoms with Gasteiger partial charge >= 0.3 is 0 Å². The maximum absolute atomic E-state index is 6.19. The zero-order valence-corrected chi connectivity index (χ0v) is 15.3. The molecule has 2 aromatic carbocycles. The second-order valence-electron chi connectivity index (χ2n) is 5.96. The van der Waals surface area contributed by atoms with E-state index < -0.39 is 5.54 Å². The van der Waals surface area contributed by atoms with E-state index in [-0.39, 0.29) is 19.0 Å². The number of aromatic nitrogens is 2. The van der Waals surface area contributed by atoms with E-state index in [9.17, 15) is 0 Å². The molecule has 5 nitrogen and oxygen atoms in total. The number of ether oxygens (including phenoxy) is 1. The van der Waals surface area contributed by atoms with Crippen molar-refractivity contribution in [2.45, 2.75) is 31.4 Å². The first kappa shape index (κ1) is 17.2. The molecule has 24 heavy (non-hydrogen) atoms. The second-order valence-corrected chi connectivity index (χ2v) is 6.88. The molecule has 0 amide bonds. The number of nitrogens with two attached hydrogens (primary N) is 1. The molecule has 1 aliphatic rings. The Hall–Kier alpha value is -1.63. The molecule has 0 spiro atoms. The molecule has 126 valence electrons. The Morgan fingerprint density at radius 3 is 2.67 bits per heavy atom. The van der Waals surface area contributed by atoms with Crippen molar-refractivity contribution < 1.29 is 9.26 Å². The number of nitrogens with zero attached hydrogens (tertiary/aromatic N) is 2. The molecule has 4 rings (SSSR count). The molecule has 0 bridgehead atoms. The Kier molecular flexibility index (Phi) is 4.80. The molecule has 0 radical (unpaired) electrons. The molecular weight excluding hydrogens is 394 g/mol. The topological polar surface area (TPSA) is 74.2 Å². The van der Waals surface area contributed by atoms with Gasteiger partial charge in [0.1, 0.15) is 5.75 Å². The lowest BCUT2D eigenvalue weighted by atomic mass is 9.77. The molecule has 1 fully saturated rings. The van der Waals surface area contributed by atoms with Crippen molar-refractivity contribution in [1.29, 1.82) is 0 Å². The van der Waals surface area contributed by atoms with Crippen molar-refractivity contribution in [1.82, 2.24) is 10.1 Å². The van der Waals surface area contributed by atoms with Crippen LogP contribution < -0.4 is 10.5 Å². The van der Waals surface area contributed by atoms with E-state index in [0.29, 0.717) is 11.7 Å². The highest BCUT2D eigenvalue weighted by atomic mass is 79.9.